The molecule has 1 fully saturated rings. The van der Waals surface area contributed by atoms with Crippen LogP contribution in [0.2, 0.25) is 5.02 Å². The first-order valence-corrected chi connectivity index (χ1v) is 9.07. The Morgan fingerprint density at radius 3 is 2.73 bits per heavy atom. The van der Waals surface area contributed by atoms with Gasteiger partial charge in [0.15, 0.2) is 5.16 Å². The van der Waals surface area contributed by atoms with E-state index in [0.29, 0.717) is 5.25 Å². The van der Waals surface area contributed by atoms with Crippen LogP contribution in [-0.4, -0.2) is 33.1 Å². The third-order valence-corrected chi connectivity index (χ3v) is 5.40. The average Bonchev–Trinajstić information content (AvgIpc) is 3.15. The first-order chi connectivity index (χ1) is 10.7. The number of aromatic nitrogens is 3. The maximum absolute atomic E-state index is 6.18. The van der Waals surface area contributed by atoms with E-state index in [0.717, 1.165) is 41.3 Å². The normalized spacial score (nSPS) is 16.2. The molecule has 1 atom stereocenters. The van der Waals surface area contributed by atoms with E-state index in [-0.39, 0.29) is 0 Å². The van der Waals surface area contributed by atoms with Crippen LogP contribution in [-0.2, 0) is 0 Å². The molecule has 3 rings (SSSR count). The van der Waals surface area contributed by atoms with Crippen LogP contribution in [0.3, 0.4) is 0 Å². The predicted molar refractivity (Wildman–Crippen MR) is 93.4 cm³/mol. The first-order valence-electron chi connectivity index (χ1n) is 7.82. The Morgan fingerprint density at radius 2 is 2.05 bits per heavy atom. The molecule has 0 amide bonds. The molecule has 6 heteroatoms. The van der Waals surface area contributed by atoms with Crippen LogP contribution in [0, 0.1) is 0 Å². The zero-order chi connectivity index (χ0) is 15.5. The van der Waals surface area contributed by atoms with Crippen molar-refractivity contribution in [2.24, 2.45) is 0 Å². The quantitative estimate of drug-likeness (QED) is 0.757. The minimum absolute atomic E-state index is 0.508. The second kappa shape index (κ2) is 6.92. The van der Waals surface area contributed by atoms with Gasteiger partial charge in [-0.3, -0.25) is 4.57 Å². The number of hydrogen-bond acceptors (Lipinski definition) is 4. The maximum atomic E-state index is 6.18. The molecular formula is C16H21ClN4S. The standard InChI is InChI=1S/C16H21ClN4S/c1-3-12(2)22-16-19-18-15(20-9-4-5-10-20)21(16)14-8-6-7-13(17)11-14/h6-8,11-12H,3-5,9-10H2,1-2H3. The summed E-state index contributed by atoms with van der Waals surface area (Å²) < 4.78 is 2.15. The van der Waals surface area contributed by atoms with Crippen LogP contribution in [0.4, 0.5) is 5.95 Å². The maximum Gasteiger partial charge on any atom is 0.232 e. The highest BCUT2D eigenvalue weighted by atomic mass is 35.5. The molecule has 0 spiro atoms. The van der Waals surface area contributed by atoms with Gasteiger partial charge in [0.05, 0.1) is 5.69 Å². The van der Waals surface area contributed by atoms with E-state index in [1.54, 1.807) is 11.8 Å². The zero-order valence-corrected chi connectivity index (χ0v) is 14.6. The van der Waals surface area contributed by atoms with Crippen LogP contribution in [0.15, 0.2) is 29.4 Å². The van der Waals surface area contributed by atoms with Crippen LogP contribution >= 0.6 is 23.4 Å². The number of benzene rings is 1. The molecule has 2 aromatic rings. The van der Waals surface area contributed by atoms with E-state index in [9.17, 15) is 0 Å². The van der Waals surface area contributed by atoms with E-state index < -0.39 is 0 Å². The van der Waals surface area contributed by atoms with Crippen LogP contribution in [0.1, 0.15) is 33.1 Å². The largest absolute Gasteiger partial charge is 0.341 e. The summed E-state index contributed by atoms with van der Waals surface area (Å²) in [6.45, 7) is 6.51. The summed E-state index contributed by atoms with van der Waals surface area (Å²) in [5, 5.41) is 11.1. The summed E-state index contributed by atoms with van der Waals surface area (Å²) >= 11 is 7.95. The topological polar surface area (TPSA) is 34.0 Å². The van der Waals surface area contributed by atoms with Gasteiger partial charge in [-0.1, -0.05) is 43.3 Å². The molecule has 4 nitrogen and oxygen atoms in total. The van der Waals surface area contributed by atoms with Gasteiger partial charge < -0.3 is 4.90 Å². The van der Waals surface area contributed by atoms with Crippen molar-refractivity contribution in [3.63, 3.8) is 0 Å². The van der Waals surface area contributed by atoms with Crippen LogP contribution < -0.4 is 4.90 Å². The Balaban J connectivity index is 2.03. The Labute approximate surface area is 140 Å². The van der Waals surface area contributed by atoms with Gasteiger partial charge in [-0.2, -0.15) is 0 Å². The van der Waals surface area contributed by atoms with Gasteiger partial charge in [-0.15, -0.1) is 10.2 Å². The lowest BCUT2D eigenvalue weighted by atomic mass is 10.3. The van der Waals surface area contributed by atoms with Gasteiger partial charge in [0.1, 0.15) is 0 Å². The monoisotopic (exact) mass is 336 g/mol. The Kier molecular flexibility index (Phi) is 4.93. The number of hydrogen-bond donors (Lipinski definition) is 0. The molecule has 1 aromatic heterocycles. The van der Waals surface area contributed by atoms with Gasteiger partial charge in [-0.25, -0.2) is 0 Å². The molecule has 1 aromatic carbocycles. The van der Waals surface area contributed by atoms with Gasteiger partial charge >= 0.3 is 0 Å². The molecular weight excluding hydrogens is 316 g/mol. The number of anilines is 1. The lowest BCUT2D eigenvalue weighted by Gasteiger charge is -2.19. The summed E-state index contributed by atoms with van der Waals surface area (Å²) in [5.41, 5.74) is 1.03. The van der Waals surface area contributed by atoms with E-state index in [2.05, 4.69) is 39.6 Å². The van der Waals surface area contributed by atoms with E-state index >= 15 is 0 Å². The molecule has 1 unspecified atom stereocenters. The first kappa shape index (κ1) is 15.7. The molecule has 2 heterocycles. The zero-order valence-electron chi connectivity index (χ0n) is 13.0. The molecule has 0 bridgehead atoms. The second-order valence-corrected chi connectivity index (χ2v) is 7.47. The van der Waals surface area contributed by atoms with Crippen molar-refractivity contribution >= 4 is 29.3 Å². The molecule has 22 heavy (non-hydrogen) atoms. The highest BCUT2D eigenvalue weighted by Crippen LogP contribution is 2.32. The van der Waals surface area contributed by atoms with E-state index in [4.69, 9.17) is 11.6 Å². The van der Waals surface area contributed by atoms with Gasteiger partial charge in [-0.05, 0) is 37.5 Å². The van der Waals surface area contributed by atoms with Crippen molar-refractivity contribution in [2.45, 2.75) is 43.5 Å². The van der Waals surface area contributed by atoms with Gasteiger partial charge in [0.25, 0.3) is 0 Å². The summed E-state index contributed by atoms with van der Waals surface area (Å²) in [4.78, 5) is 2.31. The minimum atomic E-state index is 0.508. The fourth-order valence-electron chi connectivity index (χ4n) is 2.56. The van der Waals surface area contributed by atoms with Gasteiger partial charge in [0.2, 0.25) is 5.95 Å². The lowest BCUT2D eigenvalue weighted by molar-refractivity contribution is 0.830. The van der Waals surface area contributed by atoms with Crippen LogP contribution in [0.25, 0.3) is 5.69 Å². The fourth-order valence-corrected chi connectivity index (χ4v) is 3.66. The van der Waals surface area contributed by atoms with E-state index in [1.165, 1.54) is 12.8 Å². The molecule has 118 valence electrons. The summed E-state index contributed by atoms with van der Waals surface area (Å²) in [6, 6.07) is 7.91. The Hall–Kier alpha value is -1.20. The number of halogens is 1. The number of rotatable bonds is 5. The van der Waals surface area contributed by atoms with Crippen molar-refractivity contribution < 1.29 is 0 Å². The average molecular weight is 337 g/mol. The summed E-state index contributed by atoms with van der Waals surface area (Å²) in [6.07, 6.45) is 3.54. The molecule has 1 aliphatic rings. The molecule has 0 saturated carbocycles. The lowest BCUT2D eigenvalue weighted by Crippen LogP contribution is -2.22. The smallest absolute Gasteiger partial charge is 0.232 e. The molecule has 0 aliphatic carbocycles. The van der Waals surface area contributed by atoms with Gasteiger partial charge in [0, 0.05) is 23.4 Å². The van der Waals surface area contributed by atoms with Crippen molar-refractivity contribution in [1.29, 1.82) is 0 Å². The summed E-state index contributed by atoms with van der Waals surface area (Å²) in [7, 11) is 0. The summed E-state index contributed by atoms with van der Waals surface area (Å²) in [5.74, 6) is 0.936. The van der Waals surface area contributed by atoms with Crippen molar-refractivity contribution in [2.75, 3.05) is 18.0 Å². The highest BCUT2D eigenvalue weighted by molar-refractivity contribution is 7.99. The fraction of sp³-hybridized carbons (Fsp3) is 0.500. The SMILES string of the molecule is CCC(C)Sc1nnc(N2CCCC2)n1-c1cccc(Cl)c1. The van der Waals surface area contributed by atoms with Crippen molar-refractivity contribution in [3.05, 3.63) is 29.3 Å². The molecule has 0 N–H and O–H groups in total. The second-order valence-electron chi connectivity index (χ2n) is 5.63. The van der Waals surface area contributed by atoms with E-state index in [1.807, 2.05) is 18.2 Å². The molecule has 0 radical (unpaired) electrons. The molecule has 1 saturated heterocycles. The van der Waals surface area contributed by atoms with Crippen molar-refractivity contribution in [1.82, 2.24) is 14.8 Å². The number of thioether (sulfide) groups is 1. The van der Waals surface area contributed by atoms with Crippen molar-refractivity contribution in [3.8, 4) is 5.69 Å². The Morgan fingerprint density at radius 1 is 1.27 bits per heavy atom. The van der Waals surface area contributed by atoms with Crippen LogP contribution in [0.5, 0.6) is 0 Å². The number of nitrogens with zero attached hydrogens (tertiary/aromatic N) is 4. The Bertz CT molecular complexity index is 637. The molecule has 1 aliphatic heterocycles. The minimum Gasteiger partial charge on any atom is -0.341 e. The predicted octanol–water partition coefficient (Wildman–Crippen LogP) is 4.41. The third kappa shape index (κ3) is 3.25. The third-order valence-electron chi connectivity index (χ3n) is 3.95. The highest BCUT2D eigenvalue weighted by Gasteiger charge is 2.23.